The Morgan fingerprint density at radius 3 is 2.77 bits per heavy atom. The molecule has 2 saturated heterocycles. The van der Waals surface area contributed by atoms with Gasteiger partial charge < -0.3 is 20.3 Å². The van der Waals surface area contributed by atoms with Gasteiger partial charge in [-0.1, -0.05) is 19.1 Å². The smallest absolute Gasteiger partial charge is 0.257 e. The highest BCUT2D eigenvalue weighted by atomic mass is 16.5. The minimum atomic E-state index is -0.588. The first-order chi connectivity index (χ1) is 14.9. The third-order valence-corrected chi connectivity index (χ3v) is 6.88. The van der Waals surface area contributed by atoms with E-state index in [1.165, 1.54) is 0 Å². The number of ether oxygens (including phenoxy) is 1. The number of benzene rings is 1. The number of nitrogens with one attached hydrogen (secondary N) is 2. The zero-order valence-corrected chi connectivity index (χ0v) is 18.1. The average molecular weight is 424 g/mol. The number of anilines is 1. The number of amides is 2. The molecule has 3 aliphatic rings. The van der Waals surface area contributed by atoms with E-state index >= 15 is 0 Å². The molecule has 2 spiro atoms. The van der Waals surface area contributed by atoms with Gasteiger partial charge in [0.2, 0.25) is 0 Å². The molecule has 8 nitrogen and oxygen atoms in total. The van der Waals surface area contributed by atoms with Crippen LogP contribution in [0.15, 0.2) is 30.5 Å². The molecule has 3 aliphatic heterocycles. The van der Waals surface area contributed by atoms with Crippen LogP contribution in [-0.4, -0.2) is 57.5 Å². The van der Waals surface area contributed by atoms with Crippen molar-refractivity contribution in [2.75, 3.05) is 25.0 Å². The molecule has 2 fully saturated rings. The van der Waals surface area contributed by atoms with E-state index in [-0.39, 0.29) is 17.4 Å². The number of aryl methyl sites for hydroxylation is 1. The lowest BCUT2D eigenvalue weighted by Gasteiger charge is -2.41. The van der Waals surface area contributed by atoms with Gasteiger partial charge in [-0.3, -0.25) is 14.3 Å². The normalized spacial score (nSPS) is 24.2. The Hall–Kier alpha value is -2.87. The van der Waals surface area contributed by atoms with Gasteiger partial charge in [-0.2, -0.15) is 5.10 Å². The first-order valence-electron chi connectivity index (χ1n) is 11.1. The number of aromatic nitrogens is 2. The first kappa shape index (κ1) is 20.1. The van der Waals surface area contributed by atoms with Crippen LogP contribution in [0.1, 0.15) is 59.0 Å². The molecule has 1 atom stereocenters. The van der Waals surface area contributed by atoms with Crippen molar-refractivity contribution >= 4 is 17.5 Å². The summed E-state index contributed by atoms with van der Waals surface area (Å²) >= 11 is 0. The molecule has 5 rings (SSSR count). The van der Waals surface area contributed by atoms with Crippen molar-refractivity contribution < 1.29 is 14.3 Å². The van der Waals surface area contributed by atoms with Crippen LogP contribution in [0.5, 0.6) is 0 Å². The SMILES string of the molecule is CCCn1ncc(C(=O)N2CCC3(CC2)CC2(CO3)NC(=O)c3ccccc3N2)c1C. The molecule has 2 amide bonds. The van der Waals surface area contributed by atoms with E-state index < -0.39 is 5.66 Å². The summed E-state index contributed by atoms with van der Waals surface area (Å²) < 4.78 is 8.20. The average Bonchev–Trinajstić information content (AvgIpc) is 3.29. The predicted molar refractivity (Wildman–Crippen MR) is 116 cm³/mol. The van der Waals surface area contributed by atoms with Gasteiger partial charge in [0.1, 0.15) is 5.66 Å². The van der Waals surface area contributed by atoms with Gasteiger partial charge in [0.05, 0.1) is 29.5 Å². The van der Waals surface area contributed by atoms with Crippen LogP contribution in [0.3, 0.4) is 0 Å². The number of likely N-dealkylation sites (tertiary alicyclic amines) is 1. The molecule has 1 aromatic heterocycles. The fourth-order valence-corrected chi connectivity index (χ4v) is 5.16. The zero-order valence-electron chi connectivity index (χ0n) is 18.1. The minimum Gasteiger partial charge on any atom is -0.370 e. The summed E-state index contributed by atoms with van der Waals surface area (Å²) in [6.07, 6.45) is 4.87. The Morgan fingerprint density at radius 1 is 1.23 bits per heavy atom. The zero-order chi connectivity index (χ0) is 21.6. The lowest BCUT2D eigenvalue weighted by Crippen LogP contribution is -2.59. The van der Waals surface area contributed by atoms with E-state index in [1.807, 2.05) is 40.8 Å². The highest BCUT2D eigenvalue weighted by Crippen LogP contribution is 2.43. The quantitative estimate of drug-likeness (QED) is 0.792. The number of rotatable bonds is 3. The van der Waals surface area contributed by atoms with Gasteiger partial charge in [0.25, 0.3) is 11.8 Å². The Kier molecular flexibility index (Phi) is 4.77. The monoisotopic (exact) mass is 423 g/mol. The number of hydrogen-bond donors (Lipinski definition) is 2. The molecule has 0 aliphatic carbocycles. The third kappa shape index (κ3) is 3.39. The maximum Gasteiger partial charge on any atom is 0.257 e. The van der Waals surface area contributed by atoms with Crippen molar-refractivity contribution in [1.29, 1.82) is 0 Å². The van der Waals surface area contributed by atoms with Crippen molar-refractivity contribution in [1.82, 2.24) is 20.0 Å². The van der Waals surface area contributed by atoms with Gasteiger partial charge in [0, 0.05) is 37.4 Å². The van der Waals surface area contributed by atoms with Crippen molar-refractivity contribution in [2.24, 2.45) is 0 Å². The molecule has 2 aromatic rings. The molecule has 0 bridgehead atoms. The van der Waals surface area contributed by atoms with Gasteiger partial charge >= 0.3 is 0 Å². The van der Waals surface area contributed by atoms with Crippen molar-refractivity contribution in [3.63, 3.8) is 0 Å². The lowest BCUT2D eigenvalue weighted by atomic mass is 9.84. The Bertz CT molecular complexity index is 1020. The molecule has 8 heteroatoms. The number of nitrogens with zero attached hydrogens (tertiary/aromatic N) is 3. The highest BCUT2D eigenvalue weighted by molar-refractivity contribution is 6.02. The van der Waals surface area contributed by atoms with E-state index in [2.05, 4.69) is 22.7 Å². The largest absolute Gasteiger partial charge is 0.370 e. The second kappa shape index (κ2) is 7.37. The topological polar surface area (TPSA) is 88.5 Å². The lowest BCUT2D eigenvalue weighted by molar-refractivity contribution is -0.0393. The van der Waals surface area contributed by atoms with Gasteiger partial charge in [-0.25, -0.2) is 0 Å². The number of piperidine rings is 1. The van der Waals surface area contributed by atoms with Crippen LogP contribution in [0, 0.1) is 6.92 Å². The summed E-state index contributed by atoms with van der Waals surface area (Å²) in [4.78, 5) is 27.6. The Balaban J connectivity index is 1.26. The Labute approximate surface area is 181 Å². The highest BCUT2D eigenvalue weighted by Gasteiger charge is 2.53. The van der Waals surface area contributed by atoms with E-state index in [4.69, 9.17) is 4.74 Å². The van der Waals surface area contributed by atoms with Gasteiger partial charge in [-0.15, -0.1) is 0 Å². The number of carbonyl (C=O) groups excluding carboxylic acids is 2. The molecule has 0 saturated carbocycles. The van der Waals surface area contributed by atoms with Gasteiger partial charge in [-0.05, 0) is 38.3 Å². The molecule has 1 aromatic carbocycles. The second-order valence-electron chi connectivity index (χ2n) is 9.01. The summed E-state index contributed by atoms with van der Waals surface area (Å²) in [6.45, 7) is 6.57. The Morgan fingerprint density at radius 2 is 2.00 bits per heavy atom. The van der Waals surface area contributed by atoms with Crippen LogP contribution in [0.2, 0.25) is 0 Å². The molecule has 31 heavy (non-hydrogen) atoms. The van der Waals surface area contributed by atoms with Crippen LogP contribution < -0.4 is 10.6 Å². The van der Waals surface area contributed by atoms with Crippen molar-refractivity contribution in [2.45, 2.75) is 57.3 Å². The third-order valence-electron chi connectivity index (χ3n) is 6.88. The fourth-order valence-electron chi connectivity index (χ4n) is 5.16. The van der Waals surface area contributed by atoms with Crippen molar-refractivity contribution in [3.05, 3.63) is 47.3 Å². The summed E-state index contributed by atoms with van der Waals surface area (Å²) in [6, 6.07) is 7.55. The van der Waals surface area contributed by atoms with E-state index in [9.17, 15) is 9.59 Å². The van der Waals surface area contributed by atoms with Crippen LogP contribution in [-0.2, 0) is 11.3 Å². The molecule has 4 heterocycles. The van der Waals surface area contributed by atoms with Crippen LogP contribution >= 0.6 is 0 Å². The number of carbonyl (C=O) groups is 2. The number of hydrogen-bond acceptors (Lipinski definition) is 5. The number of para-hydroxylation sites is 1. The molecule has 0 radical (unpaired) electrons. The summed E-state index contributed by atoms with van der Waals surface area (Å²) in [5.74, 6) is -0.0254. The summed E-state index contributed by atoms with van der Waals surface area (Å²) in [7, 11) is 0. The maximum absolute atomic E-state index is 13.1. The van der Waals surface area contributed by atoms with E-state index in [0.717, 1.165) is 37.2 Å². The molecule has 2 N–H and O–H groups in total. The molecule has 1 unspecified atom stereocenters. The molecule has 164 valence electrons. The maximum atomic E-state index is 13.1. The second-order valence-corrected chi connectivity index (χ2v) is 9.01. The fraction of sp³-hybridized carbons (Fsp3) is 0.522. The van der Waals surface area contributed by atoms with Crippen LogP contribution in [0.25, 0.3) is 0 Å². The number of fused-ring (bicyclic) bond motifs is 1. The standard InChI is InChI=1S/C23H29N5O3/c1-3-10-28-16(2)18(13-24-28)21(30)27-11-8-22(9-12-27)14-23(15-31-22)25-19-7-5-4-6-17(19)20(29)26-23/h4-7,13,25H,3,8-12,14-15H2,1-2H3,(H,26,29). The molecular formula is C23H29N5O3. The van der Waals surface area contributed by atoms with Crippen molar-refractivity contribution in [3.8, 4) is 0 Å². The van der Waals surface area contributed by atoms with E-state index in [1.54, 1.807) is 6.20 Å². The first-order valence-corrected chi connectivity index (χ1v) is 11.1. The molecular weight excluding hydrogens is 394 g/mol. The summed E-state index contributed by atoms with van der Waals surface area (Å²) in [5, 5.41) is 11.0. The minimum absolute atomic E-state index is 0.0421. The predicted octanol–water partition coefficient (Wildman–Crippen LogP) is 2.55. The van der Waals surface area contributed by atoms with E-state index in [0.29, 0.717) is 37.2 Å². The van der Waals surface area contributed by atoms with Crippen LogP contribution in [0.4, 0.5) is 5.69 Å². The van der Waals surface area contributed by atoms with Gasteiger partial charge in [0.15, 0.2) is 0 Å². The summed E-state index contributed by atoms with van der Waals surface area (Å²) in [5.41, 5.74) is 2.20.